The largest absolute Gasteiger partial charge is 0.460 e. The standard InChI is InChI=1S/C12H9F7O2/c1-9-3-4-2-5(9)7(21-8(9)20)6(4)10(13,14)11(15,16)12(17,18)19/h4-5H,2-3H2,1H3/t4-,5-,9-/m0/s1. The molecule has 118 valence electrons. The molecule has 0 amide bonds. The molecule has 2 nitrogen and oxygen atoms in total. The minimum Gasteiger partial charge on any atom is -0.430 e. The van der Waals surface area contributed by atoms with Crippen molar-refractivity contribution in [3.63, 3.8) is 0 Å². The van der Waals surface area contributed by atoms with Gasteiger partial charge < -0.3 is 4.74 Å². The van der Waals surface area contributed by atoms with Crippen molar-refractivity contribution in [2.75, 3.05) is 0 Å². The predicted molar refractivity (Wildman–Crippen MR) is 53.4 cm³/mol. The van der Waals surface area contributed by atoms with Crippen LogP contribution in [0.2, 0.25) is 0 Å². The second-order valence-electron chi connectivity index (χ2n) is 5.92. The fraction of sp³-hybridized carbons (Fsp3) is 0.750. The zero-order valence-corrected chi connectivity index (χ0v) is 10.5. The van der Waals surface area contributed by atoms with Crippen molar-refractivity contribution < 1.29 is 40.3 Å². The first-order valence-electron chi connectivity index (χ1n) is 6.13. The Balaban J connectivity index is 2.11. The van der Waals surface area contributed by atoms with E-state index >= 15 is 0 Å². The van der Waals surface area contributed by atoms with Gasteiger partial charge in [-0.25, -0.2) is 0 Å². The zero-order valence-electron chi connectivity index (χ0n) is 10.5. The summed E-state index contributed by atoms with van der Waals surface area (Å²) in [6.07, 6.45) is -6.65. The number of hydrogen-bond acceptors (Lipinski definition) is 2. The van der Waals surface area contributed by atoms with E-state index in [9.17, 15) is 35.5 Å². The monoisotopic (exact) mass is 318 g/mol. The summed E-state index contributed by atoms with van der Waals surface area (Å²) in [6.45, 7) is 1.45. The number of hydrogen-bond donors (Lipinski definition) is 0. The third-order valence-electron chi connectivity index (χ3n) is 4.71. The van der Waals surface area contributed by atoms with Crippen LogP contribution in [-0.4, -0.2) is 24.0 Å². The fourth-order valence-corrected chi connectivity index (χ4v) is 3.61. The lowest BCUT2D eigenvalue weighted by Crippen LogP contribution is -2.54. The Labute approximate surface area is 113 Å². The van der Waals surface area contributed by atoms with Gasteiger partial charge in [-0.3, -0.25) is 4.79 Å². The molecule has 9 heteroatoms. The minimum absolute atomic E-state index is 0.0591. The smallest absolute Gasteiger partial charge is 0.430 e. The van der Waals surface area contributed by atoms with Gasteiger partial charge >= 0.3 is 24.0 Å². The lowest BCUT2D eigenvalue weighted by Gasteiger charge is -2.32. The third-order valence-corrected chi connectivity index (χ3v) is 4.71. The number of ether oxygens (including phenoxy) is 1. The van der Waals surface area contributed by atoms with Crippen LogP contribution in [0.25, 0.3) is 0 Å². The van der Waals surface area contributed by atoms with Gasteiger partial charge in [-0.1, -0.05) is 0 Å². The molecule has 0 spiro atoms. The van der Waals surface area contributed by atoms with Crippen LogP contribution in [0.1, 0.15) is 19.8 Å². The van der Waals surface area contributed by atoms with E-state index in [4.69, 9.17) is 0 Å². The molecular formula is C12H9F7O2. The number of alkyl halides is 7. The van der Waals surface area contributed by atoms with Crippen LogP contribution >= 0.6 is 0 Å². The Morgan fingerprint density at radius 2 is 1.71 bits per heavy atom. The van der Waals surface area contributed by atoms with Gasteiger partial charge in [0.1, 0.15) is 5.76 Å². The first-order valence-corrected chi connectivity index (χ1v) is 6.13. The number of rotatable bonds is 2. The molecule has 21 heavy (non-hydrogen) atoms. The highest BCUT2D eigenvalue weighted by molar-refractivity contribution is 5.83. The average Bonchev–Trinajstić information content (AvgIpc) is 2.85. The van der Waals surface area contributed by atoms with Gasteiger partial charge in [-0.05, 0) is 25.7 Å². The summed E-state index contributed by atoms with van der Waals surface area (Å²) >= 11 is 0. The fourth-order valence-electron chi connectivity index (χ4n) is 3.61. The minimum atomic E-state index is -6.39. The van der Waals surface area contributed by atoms with Crippen molar-refractivity contribution in [1.82, 2.24) is 0 Å². The van der Waals surface area contributed by atoms with E-state index in [0.717, 1.165) is 0 Å². The SMILES string of the molecule is C[C@]12C[C@@H]3C[C@H]1C(=C3C(F)(F)C(F)(F)C(F)(F)F)OC2=O. The van der Waals surface area contributed by atoms with E-state index in [1.165, 1.54) is 6.92 Å². The van der Waals surface area contributed by atoms with Gasteiger partial charge in [0.2, 0.25) is 0 Å². The molecule has 2 bridgehead atoms. The maximum atomic E-state index is 13.8. The lowest BCUT2D eigenvalue weighted by molar-refractivity contribution is -0.346. The molecule has 1 saturated heterocycles. The molecule has 0 radical (unpaired) electrons. The summed E-state index contributed by atoms with van der Waals surface area (Å²) in [5, 5.41) is 0. The summed E-state index contributed by atoms with van der Waals surface area (Å²) in [5.74, 6) is -15.2. The predicted octanol–water partition coefficient (Wildman–Crippen LogP) is 3.68. The molecule has 0 aromatic carbocycles. The van der Waals surface area contributed by atoms with Gasteiger partial charge in [0, 0.05) is 11.5 Å². The highest BCUT2D eigenvalue weighted by Crippen LogP contribution is 2.67. The van der Waals surface area contributed by atoms with Crippen LogP contribution in [-0.2, 0) is 9.53 Å². The Morgan fingerprint density at radius 3 is 2.24 bits per heavy atom. The third kappa shape index (κ3) is 1.47. The number of allylic oxidation sites excluding steroid dienone is 2. The van der Waals surface area contributed by atoms with Crippen LogP contribution in [0.4, 0.5) is 30.7 Å². The maximum absolute atomic E-state index is 13.8. The van der Waals surface area contributed by atoms with Crippen LogP contribution < -0.4 is 0 Å². The molecule has 0 unspecified atom stereocenters. The summed E-state index contributed by atoms with van der Waals surface area (Å²) in [6, 6.07) is 0. The van der Waals surface area contributed by atoms with Gasteiger partial charge in [-0.2, -0.15) is 30.7 Å². The van der Waals surface area contributed by atoms with Crippen LogP contribution in [0.15, 0.2) is 11.3 Å². The van der Waals surface area contributed by atoms with E-state index in [2.05, 4.69) is 4.74 Å². The van der Waals surface area contributed by atoms with Gasteiger partial charge in [-0.15, -0.1) is 0 Å². The van der Waals surface area contributed by atoms with E-state index in [0.29, 0.717) is 0 Å². The molecular weight excluding hydrogens is 309 g/mol. The quantitative estimate of drug-likeness (QED) is 0.573. The average molecular weight is 318 g/mol. The number of fused-ring (bicyclic) bond motifs is 1. The van der Waals surface area contributed by atoms with E-state index in [1.54, 1.807) is 0 Å². The molecule has 3 aliphatic rings. The number of carbonyl (C=O) groups is 1. The molecule has 3 atom stereocenters. The van der Waals surface area contributed by atoms with E-state index < -0.39 is 52.6 Å². The van der Waals surface area contributed by atoms with Gasteiger partial charge in [0.05, 0.1) is 5.41 Å². The van der Waals surface area contributed by atoms with Crippen LogP contribution in [0.5, 0.6) is 0 Å². The van der Waals surface area contributed by atoms with E-state index in [-0.39, 0.29) is 12.8 Å². The van der Waals surface area contributed by atoms with Crippen LogP contribution in [0, 0.1) is 17.3 Å². The maximum Gasteiger partial charge on any atom is 0.460 e. The van der Waals surface area contributed by atoms with Crippen molar-refractivity contribution in [2.45, 2.75) is 37.8 Å². The Bertz CT molecular complexity index is 562. The molecule has 2 aliphatic carbocycles. The number of esters is 1. The highest BCUT2D eigenvalue weighted by atomic mass is 19.4. The molecule has 1 aliphatic heterocycles. The Kier molecular flexibility index (Phi) is 2.47. The topological polar surface area (TPSA) is 26.3 Å². The molecule has 0 aromatic rings. The number of carbonyl (C=O) groups excluding carboxylic acids is 1. The highest BCUT2D eigenvalue weighted by Gasteiger charge is 2.78. The second kappa shape index (κ2) is 3.55. The first kappa shape index (κ1) is 14.6. The van der Waals surface area contributed by atoms with Crippen LogP contribution in [0.3, 0.4) is 0 Å². The van der Waals surface area contributed by atoms with Gasteiger partial charge in [0.25, 0.3) is 0 Å². The Morgan fingerprint density at radius 1 is 1.14 bits per heavy atom. The summed E-state index contributed by atoms with van der Waals surface area (Å²) in [5.41, 5.74) is -2.45. The van der Waals surface area contributed by atoms with Crippen molar-refractivity contribution >= 4 is 5.97 Å². The zero-order chi connectivity index (χ0) is 16.0. The molecule has 2 fully saturated rings. The molecule has 3 rings (SSSR count). The van der Waals surface area contributed by atoms with Crippen molar-refractivity contribution in [2.24, 2.45) is 17.3 Å². The first-order chi connectivity index (χ1) is 9.34. The summed E-state index contributed by atoms with van der Waals surface area (Å²) in [4.78, 5) is 11.6. The Hall–Kier alpha value is -1.28. The van der Waals surface area contributed by atoms with Gasteiger partial charge in [0.15, 0.2) is 0 Å². The summed E-state index contributed by atoms with van der Waals surface area (Å²) in [7, 11) is 0. The molecule has 1 saturated carbocycles. The molecule has 0 N–H and O–H groups in total. The normalized spacial score (nSPS) is 35.7. The van der Waals surface area contributed by atoms with Crippen molar-refractivity contribution in [1.29, 1.82) is 0 Å². The molecule has 0 aromatic heterocycles. The second-order valence-corrected chi connectivity index (χ2v) is 5.92. The van der Waals surface area contributed by atoms with Crippen molar-refractivity contribution in [3.05, 3.63) is 11.3 Å². The molecule has 1 heterocycles. The lowest BCUT2D eigenvalue weighted by atomic mass is 9.76. The number of halogens is 7. The summed E-state index contributed by atoms with van der Waals surface area (Å²) < 4.78 is 95.4. The van der Waals surface area contributed by atoms with Crippen molar-refractivity contribution in [3.8, 4) is 0 Å². The van der Waals surface area contributed by atoms with E-state index in [1.807, 2.05) is 0 Å².